The molecule has 0 saturated heterocycles. The minimum atomic E-state index is -0.0761. The topological polar surface area (TPSA) is 51.5 Å². The molecule has 0 saturated carbocycles. The van der Waals surface area contributed by atoms with Crippen molar-refractivity contribution in [3.63, 3.8) is 0 Å². The summed E-state index contributed by atoms with van der Waals surface area (Å²) in [5, 5.41) is 0.873. The average molecular weight is 293 g/mol. The number of ether oxygens (including phenoxy) is 1. The van der Waals surface area contributed by atoms with Crippen LogP contribution >= 0.6 is 12.8 Å². The zero-order valence-electron chi connectivity index (χ0n) is 11.8. The number of fused-ring (bicyclic) bond motifs is 1. The first kappa shape index (κ1) is 14.9. The van der Waals surface area contributed by atoms with Crippen LogP contribution in [0.4, 0.5) is 0 Å². The molecule has 0 aliphatic carbocycles. The highest BCUT2D eigenvalue weighted by Gasteiger charge is 2.16. The quantitative estimate of drug-likeness (QED) is 0.632. The Morgan fingerprint density at radius 1 is 1.35 bits per heavy atom. The van der Waals surface area contributed by atoms with E-state index in [1.165, 1.54) is 0 Å². The third-order valence-electron chi connectivity index (χ3n) is 2.97. The first-order valence-corrected chi connectivity index (χ1v) is 7.07. The number of hydrogen-bond donors (Lipinski definition) is 2. The molecule has 0 fully saturated rings. The van der Waals surface area contributed by atoms with E-state index in [4.69, 9.17) is 9.15 Å². The molecule has 2 aromatic rings. The van der Waals surface area contributed by atoms with E-state index in [0.29, 0.717) is 17.9 Å². The van der Waals surface area contributed by atoms with Crippen molar-refractivity contribution in [3.8, 4) is 5.75 Å². The maximum atomic E-state index is 11.9. The van der Waals surface area contributed by atoms with Gasteiger partial charge in [-0.3, -0.25) is 9.52 Å². The van der Waals surface area contributed by atoms with Crippen LogP contribution < -0.4 is 9.46 Å². The second-order valence-electron chi connectivity index (χ2n) is 5.12. The van der Waals surface area contributed by atoms with Crippen LogP contribution in [0.15, 0.2) is 28.7 Å². The van der Waals surface area contributed by atoms with Gasteiger partial charge in [-0.15, -0.1) is 0 Å². The number of nitrogens with one attached hydrogen (secondary N) is 1. The van der Waals surface area contributed by atoms with E-state index in [0.717, 1.165) is 11.1 Å². The molecule has 1 atom stereocenters. The molecule has 4 nitrogen and oxygen atoms in total. The van der Waals surface area contributed by atoms with E-state index in [9.17, 15) is 4.79 Å². The molecule has 2 rings (SSSR count). The predicted octanol–water partition coefficient (Wildman–Crippen LogP) is 3.47. The molecular formula is C15H19NO3S. The summed E-state index contributed by atoms with van der Waals surface area (Å²) < 4.78 is 14.1. The Morgan fingerprint density at radius 3 is 2.75 bits per heavy atom. The maximum Gasteiger partial charge on any atom is 0.200 e. The van der Waals surface area contributed by atoms with Crippen molar-refractivity contribution >= 4 is 29.6 Å². The molecule has 1 aromatic heterocycles. The zero-order chi connectivity index (χ0) is 14.7. The van der Waals surface area contributed by atoms with Crippen molar-refractivity contribution in [1.29, 1.82) is 0 Å². The Labute approximate surface area is 124 Å². The SMILES string of the molecule is CC(C)C(=O)c1cc2cc(O[C@@H](C)CNS)ccc2o1. The minimum Gasteiger partial charge on any atom is -0.489 e. The van der Waals surface area contributed by atoms with E-state index in [-0.39, 0.29) is 17.8 Å². The highest BCUT2D eigenvalue weighted by molar-refractivity contribution is 7.78. The van der Waals surface area contributed by atoms with Crippen molar-refractivity contribution in [1.82, 2.24) is 4.72 Å². The van der Waals surface area contributed by atoms with Crippen LogP contribution in [0.1, 0.15) is 31.3 Å². The first-order valence-electron chi connectivity index (χ1n) is 6.62. The van der Waals surface area contributed by atoms with Gasteiger partial charge in [0.05, 0.1) is 0 Å². The fourth-order valence-corrected chi connectivity index (χ4v) is 2.16. The Morgan fingerprint density at radius 2 is 2.10 bits per heavy atom. The summed E-state index contributed by atoms with van der Waals surface area (Å²) >= 11 is 3.95. The lowest BCUT2D eigenvalue weighted by molar-refractivity contribution is 0.0913. The third-order valence-corrected chi connectivity index (χ3v) is 3.15. The van der Waals surface area contributed by atoms with Gasteiger partial charge in [0.1, 0.15) is 17.4 Å². The van der Waals surface area contributed by atoms with Crippen LogP contribution in [0.3, 0.4) is 0 Å². The molecule has 0 bridgehead atoms. The molecule has 0 spiro atoms. The van der Waals surface area contributed by atoms with Gasteiger partial charge in [0.25, 0.3) is 0 Å². The number of furan rings is 1. The molecule has 0 radical (unpaired) electrons. The van der Waals surface area contributed by atoms with Gasteiger partial charge in [-0.2, -0.15) is 0 Å². The van der Waals surface area contributed by atoms with Crippen molar-refractivity contribution in [2.24, 2.45) is 5.92 Å². The fraction of sp³-hybridized carbons (Fsp3) is 0.400. The van der Waals surface area contributed by atoms with E-state index in [2.05, 4.69) is 17.5 Å². The number of Topliss-reactive ketones (excluding diaryl/α,β-unsaturated/α-hetero) is 1. The highest BCUT2D eigenvalue weighted by atomic mass is 32.1. The summed E-state index contributed by atoms with van der Waals surface area (Å²) in [6.07, 6.45) is 0.00798. The summed E-state index contributed by atoms with van der Waals surface area (Å²) in [5.74, 6) is 1.08. The lowest BCUT2D eigenvalue weighted by Gasteiger charge is -2.13. The normalized spacial score (nSPS) is 12.8. The van der Waals surface area contributed by atoms with E-state index < -0.39 is 0 Å². The van der Waals surface area contributed by atoms with Gasteiger partial charge in [-0.25, -0.2) is 0 Å². The zero-order valence-corrected chi connectivity index (χ0v) is 12.7. The standard InChI is InChI=1S/C15H19NO3S/c1-9(2)15(17)14-7-11-6-12(4-5-13(11)19-14)18-10(3)8-16-20/h4-7,9-10,16,20H,8H2,1-3H3/t10-/m0/s1. The Bertz CT molecular complexity index is 606. The Kier molecular flexibility index (Phi) is 4.73. The van der Waals surface area contributed by atoms with Crippen molar-refractivity contribution in [2.45, 2.75) is 26.9 Å². The number of ketones is 1. The Hall–Kier alpha value is -1.46. The maximum absolute atomic E-state index is 11.9. The average Bonchev–Trinajstić information content (AvgIpc) is 2.80. The molecule has 1 aromatic carbocycles. The summed E-state index contributed by atoms with van der Waals surface area (Å²) in [6.45, 7) is 6.31. The summed E-state index contributed by atoms with van der Waals surface area (Å²) in [5.41, 5.74) is 0.696. The fourth-order valence-electron chi connectivity index (χ4n) is 1.90. The largest absolute Gasteiger partial charge is 0.489 e. The second-order valence-corrected chi connectivity index (χ2v) is 5.44. The van der Waals surface area contributed by atoms with Gasteiger partial charge in [-0.05, 0) is 31.2 Å². The second kappa shape index (κ2) is 6.33. The van der Waals surface area contributed by atoms with Crippen molar-refractivity contribution in [2.75, 3.05) is 6.54 Å². The van der Waals surface area contributed by atoms with E-state index in [1.54, 1.807) is 6.07 Å². The van der Waals surface area contributed by atoms with E-state index >= 15 is 0 Å². The van der Waals surface area contributed by atoms with Crippen molar-refractivity contribution in [3.05, 3.63) is 30.0 Å². The smallest absolute Gasteiger partial charge is 0.200 e. The molecule has 1 N–H and O–H groups in total. The molecule has 5 heteroatoms. The molecule has 108 valence electrons. The molecular weight excluding hydrogens is 274 g/mol. The lowest BCUT2D eigenvalue weighted by atomic mass is 10.1. The van der Waals surface area contributed by atoms with Gasteiger partial charge >= 0.3 is 0 Å². The van der Waals surface area contributed by atoms with Gasteiger partial charge in [0.2, 0.25) is 5.78 Å². The van der Waals surface area contributed by atoms with Crippen LogP contribution in [0, 0.1) is 5.92 Å². The number of benzene rings is 1. The first-order chi connectivity index (χ1) is 9.51. The van der Waals surface area contributed by atoms with Gasteiger partial charge in [-0.1, -0.05) is 26.7 Å². The molecule has 0 unspecified atom stereocenters. The predicted molar refractivity (Wildman–Crippen MR) is 82.5 cm³/mol. The number of carbonyl (C=O) groups is 1. The summed E-state index contributed by atoms with van der Waals surface area (Å²) in [7, 11) is 0. The monoisotopic (exact) mass is 293 g/mol. The number of thiol groups is 1. The third kappa shape index (κ3) is 3.35. The molecule has 0 aliphatic heterocycles. The van der Waals surface area contributed by atoms with Gasteiger partial charge in [0.15, 0.2) is 5.76 Å². The summed E-state index contributed by atoms with van der Waals surface area (Å²) in [4.78, 5) is 11.9. The van der Waals surface area contributed by atoms with Crippen LogP contribution in [0.25, 0.3) is 11.0 Å². The molecule has 0 amide bonds. The van der Waals surface area contributed by atoms with Crippen LogP contribution in [-0.4, -0.2) is 18.4 Å². The number of hydrogen-bond acceptors (Lipinski definition) is 5. The lowest BCUT2D eigenvalue weighted by Crippen LogP contribution is -2.23. The van der Waals surface area contributed by atoms with Crippen LogP contribution in [0.5, 0.6) is 5.75 Å². The van der Waals surface area contributed by atoms with Gasteiger partial charge < -0.3 is 9.15 Å². The van der Waals surface area contributed by atoms with Crippen LogP contribution in [-0.2, 0) is 0 Å². The van der Waals surface area contributed by atoms with Crippen LogP contribution in [0.2, 0.25) is 0 Å². The molecule has 20 heavy (non-hydrogen) atoms. The van der Waals surface area contributed by atoms with Crippen molar-refractivity contribution < 1.29 is 13.9 Å². The van der Waals surface area contributed by atoms with Gasteiger partial charge in [0, 0.05) is 17.8 Å². The summed E-state index contributed by atoms with van der Waals surface area (Å²) in [6, 6.07) is 7.31. The molecule has 0 aliphatic rings. The number of carbonyl (C=O) groups excluding carboxylic acids is 1. The molecule has 1 heterocycles. The van der Waals surface area contributed by atoms with E-state index in [1.807, 2.05) is 39.0 Å². The Balaban J connectivity index is 2.23. The minimum absolute atomic E-state index is 0.00798. The highest BCUT2D eigenvalue weighted by Crippen LogP contribution is 2.26. The number of rotatable bonds is 6.